The maximum atomic E-state index is 5.98. The van der Waals surface area contributed by atoms with Crippen molar-refractivity contribution in [1.29, 1.82) is 0 Å². The molecule has 0 saturated carbocycles. The van der Waals surface area contributed by atoms with Crippen LogP contribution in [0.2, 0.25) is 39.3 Å². The third-order valence-corrected chi connectivity index (χ3v) is 20.9. The molecule has 0 bridgehead atoms. The average Bonchev–Trinajstić information content (AvgIpc) is 4.04. The second-order valence-electron chi connectivity index (χ2n) is 20.7. The Morgan fingerprint density at radius 3 is 1.00 bits per heavy atom. The van der Waals surface area contributed by atoms with Crippen LogP contribution in [0.1, 0.15) is 63.5 Å². The van der Waals surface area contributed by atoms with Gasteiger partial charge in [0.2, 0.25) is 0 Å². The summed E-state index contributed by atoms with van der Waals surface area (Å²) in [6.45, 7) is 22.9. The summed E-state index contributed by atoms with van der Waals surface area (Å²) < 4.78 is 2.15. The number of hydrogen-bond donors (Lipinski definition) is 0. The fourth-order valence-corrected chi connectivity index (χ4v) is 17.9. The Morgan fingerprint density at radius 2 is 0.690 bits per heavy atom. The van der Waals surface area contributed by atoms with Crippen molar-refractivity contribution >= 4 is 84.6 Å². The van der Waals surface area contributed by atoms with E-state index in [1.807, 2.05) is 0 Å². The first-order valence-corrected chi connectivity index (χ1v) is 38.4. The van der Waals surface area contributed by atoms with Gasteiger partial charge in [-0.05, 0) is 66.8 Å². The van der Waals surface area contributed by atoms with Crippen molar-refractivity contribution in [3.63, 3.8) is 0 Å². The Morgan fingerprint density at radius 1 is 0.423 bits per heavy atom. The van der Waals surface area contributed by atoms with Crippen LogP contribution in [-0.4, -0.2) is 28.6 Å². The Kier molecular flexibility index (Phi) is 18.7. The van der Waals surface area contributed by atoms with Gasteiger partial charge in [-0.25, -0.2) is 0 Å². The fraction of sp³-hybridized carbons (Fsp3) is 0.219. The minimum absolute atomic E-state index is 0.587. The van der Waals surface area contributed by atoms with Gasteiger partial charge in [-0.15, -0.1) is 69.1 Å². The zero-order valence-electron chi connectivity index (χ0n) is 43.3. The molecular formula is C64H68BCl2NSi2Zr. The van der Waals surface area contributed by atoms with Crippen LogP contribution in [0.4, 0.5) is 0 Å². The van der Waals surface area contributed by atoms with Crippen LogP contribution in [0, 0.1) is 0 Å². The molecule has 7 heteroatoms. The molecule has 0 N–H and O–H groups in total. The molecule has 10 rings (SSSR count). The third-order valence-electron chi connectivity index (χ3n) is 13.9. The van der Waals surface area contributed by atoms with Gasteiger partial charge in [0, 0.05) is 0 Å². The molecule has 0 saturated heterocycles. The van der Waals surface area contributed by atoms with Gasteiger partial charge in [-0.3, -0.25) is 0 Å². The van der Waals surface area contributed by atoms with Crippen LogP contribution in [0.15, 0.2) is 194 Å². The van der Waals surface area contributed by atoms with Crippen molar-refractivity contribution in [2.24, 2.45) is 0 Å². The van der Waals surface area contributed by atoms with Crippen LogP contribution >= 0.6 is 17.0 Å². The fourth-order valence-electron chi connectivity index (χ4n) is 9.86. The van der Waals surface area contributed by atoms with E-state index in [2.05, 4.69) is 265 Å². The quantitative estimate of drug-likeness (QED) is 0.0974. The predicted octanol–water partition coefficient (Wildman–Crippen LogP) is 20.5. The molecule has 71 heavy (non-hydrogen) atoms. The minimum atomic E-state index is -1.22. The number of fused-ring (bicyclic) bond motifs is 4. The van der Waals surface area contributed by atoms with Crippen LogP contribution in [0.3, 0.4) is 0 Å². The van der Waals surface area contributed by atoms with Gasteiger partial charge in [-0.1, -0.05) is 237 Å². The van der Waals surface area contributed by atoms with Crippen LogP contribution in [-0.2, 0) is 20.8 Å². The number of benzene rings is 8. The summed E-state index contributed by atoms with van der Waals surface area (Å²) in [5.41, 5.74) is 13.3. The number of rotatable bonds is 10. The van der Waals surface area contributed by atoms with Crippen molar-refractivity contribution in [2.45, 2.75) is 91.7 Å². The summed E-state index contributed by atoms with van der Waals surface area (Å²) in [5.74, 6) is 1.17. The average molecular weight is 1080 g/mol. The molecule has 358 valence electrons. The van der Waals surface area contributed by atoms with Gasteiger partial charge in [0.1, 0.15) is 16.5 Å². The van der Waals surface area contributed by atoms with Crippen molar-refractivity contribution in [3.8, 4) is 44.5 Å². The van der Waals surface area contributed by atoms with Crippen LogP contribution < -0.4 is 0 Å². The van der Waals surface area contributed by atoms with E-state index in [-0.39, 0.29) is 0 Å². The molecule has 2 unspecified atom stereocenters. The molecule has 2 radical (unpaired) electrons. The number of hydrogen-bond acceptors (Lipinski definition) is 1. The Labute approximate surface area is 447 Å². The normalized spacial score (nSPS) is 12.4. The van der Waals surface area contributed by atoms with Gasteiger partial charge in [0.15, 0.2) is 7.98 Å². The van der Waals surface area contributed by atoms with E-state index < -0.39 is 37.3 Å². The third kappa shape index (κ3) is 12.8. The van der Waals surface area contributed by atoms with E-state index >= 15 is 0 Å². The van der Waals surface area contributed by atoms with Gasteiger partial charge in [0.05, 0.1) is 0 Å². The maximum absolute atomic E-state index is 5.98. The molecule has 10 aromatic carbocycles. The molecule has 0 heterocycles. The Balaban J connectivity index is 0.000000168. The summed E-state index contributed by atoms with van der Waals surface area (Å²) >= 11 is -0.826. The first kappa shape index (κ1) is 54.2. The van der Waals surface area contributed by atoms with Crippen molar-refractivity contribution in [3.05, 3.63) is 205 Å². The zero-order valence-corrected chi connectivity index (χ0v) is 49.3. The molecule has 0 amide bonds. The molecule has 2 atom stereocenters. The second kappa shape index (κ2) is 24.4. The number of nitrogens with zero attached hydrogens (tertiary/aromatic N) is 1. The zero-order chi connectivity index (χ0) is 50.9. The molecule has 0 spiro atoms. The van der Waals surface area contributed by atoms with Gasteiger partial charge >= 0.3 is 37.9 Å². The monoisotopic (exact) mass is 1080 g/mol. The molecule has 0 fully saturated rings. The van der Waals surface area contributed by atoms with E-state index in [9.17, 15) is 0 Å². The van der Waals surface area contributed by atoms with Crippen molar-refractivity contribution in [1.82, 2.24) is 4.14 Å². The molecule has 0 aliphatic rings. The van der Waals surface area contributed by atoms with Gasteiger partial charge < -0.3 is 4.14 Å². The first-order chi connectivity index (χ1) is 34.1. The van der Waals surface area contributed by atoms with Crippen molar-refractivity contribution in [2.75, 3.05) is 0 Å². The summed E-state index contributed by atoms with van der Waals surface area (Å²) in [6, 6.07) is 71.1. The van der Waals surface area contributed by atoms with E-state index in [4.69, 9.17) is 25.0 Å². The molecule has 0 aliphatic carbocycles. The van der Waals surface area contributed by atoms with Crippen LogP contribution in [0.25, 0.3) is 87.6 Å². The molecule has 1 nitrogen and oxygen atoms in total. The predicted molar refractivity (Wildman–Crippen MR) is 319 cm³/mol. The SMILES string of the molecule is CCC(C)c1cc2c(-c3ccccc3-c3cccc4ccccc34)cccc2[cH-]1.CCC(C)c1cc2c(-c3ccccc3-c3cccc4ccccc34)cccc2[cH-]1.[B]N([Si](C)(C)C)[Si](C)(C)C.[Cl][Zr+2][Cl]. The molecule has 0 aromatic heterocycles. The number of halogens is 2. The Bertz CT molecular complexity index is 3110. The standard InChI is InChI=1S/2C29H25.C6H18BNSi2.2ClH.Zr/c2*1-3-20(2)23-18-22-12-9-17-28(29(22)19-23)27-15-7-6-14-26(27)25-16-8-11-21-10-4-5-13-24(21)25;1-9(2,3)8(7)10(4,5)6;;;/h2*4-20H,3H2,1-2H3;1-6H3;2*1H;/q2*-1;;;;+4/p-2. The Hall–Kier alpha value is -4.58. The van der Waals surface area contributed by atoms with Crippen LogP contribution in [0.5, 0.6) is 0 Å². The second-order valence-corrected chi connectivity index (χ2v) is 34.6. The first-order valence-electron chi connectivity index (χ1n) is 25.1. The summed E-state index contributed by atoms with van der Waals surface area (Å²) in [5, 5.41) is 10.6. The summed E-state index contributed by atoms with van der Waals surface area (Å²) in [6.07, 6.45) is 2.33. The molecule has 0 aliphatic heterocycles. The van der Waals surface area contributed by atoms with E-state index in [1.165, 1.54) is 98.7 Å². The van der Waals surface area contributed by atoms with Crippen molar-refractivity contribution < 1.29 is 20.8 Å². The van der Waals surface area contributed by atoms with Gasteiger partial charge in [-0.2, -0.15) is 12.1 Å². The summed E-state index contributed by atoms with van der Waals surface area (Å²) in [4.78, 5) is 0. The van der Waals surface area contributed by atoms with E-state index in [0.29, 0.717) is 11.8 Å². The topological polar surface area (TPSA) is 3.24 Å². The molecule has 10 aromatic rings. The van der Waals surface area contributed by atoms with Gasteiger partial charge in [0.25, 0.3) is 0 Å². The summed E-state index contributed by atoms with van der Waals surface area (Å²) in [7, 11) is 13.4. The van der Waals surface area contributed by atoms with E-state index in [0.717, 1.165) is 12.8 Å². The van der Waals surface area contributed by atoms with E-state index in [1.54, 1.807) is 0 Å². The molecular weight excluding hydrogens is 1010 g/mol.